The average molecular weight is 349 g/mol. The number of rotatable bonds is 8. The fraction of sp³-hybridized carbons (Fsp3) is 0.632. The van der Waals surface area contributed by atoms with E-state index in [4.69, 9.17) is 9.47 Å². The third-order valence-corrected chi connectivity index (χ3v) is 4.41. The number of benzene rings is 1. The SMILES string of the molecule is CCN(CCN1CCOCC1)C(=O)NC(C)COc1ccccc1C. The lowest BCUT2D eigenvalue weighted by atomic mass is 10.2. The second-order valence-electron chi connectivity index (χ2n) is 6.46. The number of para-hydroxylation sites is 1. The highest BCUT2D eigenvalue weighted by molar-refractivity contribution is 5.74. The van der Waals surface area contributed by atoms with Crippen LogP contribution in [0.15, 0.2) is 24.3 Å². The van der Waals surface area contributed by atoms with Crippen molar-refractivity contribution in [1.82, 2.24) is 15.1 Å². The first-order valence-corrected chi connectivity index (χ1v) is 9.14. The van der Waals surface area contributed by atoms with Gasteiger partial charge < -0.3 is 19.7 Å². The molecule has 0 bridgehead atoms. The van der Waals surface area contributed by atoms with Crippen molar-refractivity contribution in [2.75, 3.05) is 52.5 Å². The lowest BCUT2D eigenvalue weighted by Gasteiger charge is -2.30. The van der Waals surface area contributed by atoms with Crippen molar-refractivity contribution in [1.29, 1.82) is 0 Å². The summed E-state index contributed by atoms with van der Waals surface area (Å²) in [7, 11) is 0. The zero-order chi connectivity index (χ0) is 18.1. The van der Waals surface area contributed by atoms with Crippen LogP contribution in [0.4, 0.5) is 4.79 Å². The normalized spacial score (nSPS) is 16.3. The first kappa shape index (κ1) is 19.5. The van der Waals surface area contributed by atoms with Crippen LogP contribution in [0.5, 0.6) is 5.75 Å². The molecule has 6 heteroatoms. The summed E-state index contributed by atoms with van der Waals surface area (Å²) < 4.78 is 11.2. The van der Waals surface area contributed by atoms with Crippen LogP contribution in [-0.2, 0) is 4.74 Å². The maximum absolute atomic E-state index is 12.5. The number of ether oxygens (including phenoxy) is 2. The number of nitrogens with one attached hydrogen (secondary N) is 1. The number of carbonyl (C=O) groups is 1. The number of urea groups is 1. The van der Waals surface area contributed by atoms with Crippen molar-refractivity contribution < 1.29 is 14.3 Å². The van der Waals surface area contributed by atoms with E-state index in [1.54, 1.807) is 0 Å². The Hall–Kier alpha value is -1.79. The monoisotopic (exact) mass is 349 g/mol. The van der Waals surface area contributed by atoms with E-state index in [-0.39, 0.29) is 12.1 Å². The molecular weight excluding hydrogens is 318 g/mol. The van der Waals surface area contributed by atoms with Gasteiger partial charge >= 0.3 is 6.03 Å². The van der Waals surface area contributed by atoms with Gasteiger partial charge in [0.05, 0.1) is 19.3 Å². The van der Waals surface area contributed by atoms with Crippen LogP contribution in [0.3, 0.4) is 0 Å². The van der Waals surface area contributed by atoms with Crippen molar-refractivity contribution in [3.8, 4) is 5.75 Å². The highest BCUT2D eigenvalue weighted by Crippen LogP contribution is 2.16. The topological polar surface area (TPSA) is 54.0 Å². The molecule has 1 aliphatic heterocycles. The van der Waals surface area contributed by atoms with Gasteiger partial charge in [0.1, 0.15) is 12.4 Å². The van der Waals surface area contributed by atoms with Crippen molar-refractivity contribution in [3.63, 3.8) is 0 Å². The van der Waals surface area contributed by atoms with E-state index in [1.165, 1.54) is 0 Å². The number of aryl methyl sites for hydroxylation is 1. The molecule has 0 aliphatic carbocycles. The molecule has 1 aromatic rings. The fourth-order valence-corrected chi connectivity index (χ4v) is 2.77. The molecule has 1 fully saturated rings. The number of hydrogen-bond donors (Lipinski definition) is 1. The average Bonchev–Trinajstić information content (AvgIpc) is 2.62. The Morgan fingerprint density at radius 2 is 2.08 bits per heavy atom. The Bertz CT molecular complexity index is 532. The van der Waals surface area contributed by atoms with E-state index >= 15 is 0 Å². The maximum atomic E-state index is 12.5. The summed E-state index contributed by atoms with van der Waals surface area (Å²) in [6.45, 7) is 12.2. The van der Waals surface area contributed by atoms with Crippen LogP contribution in [0, 0.1) is 6.92 Å². The smallest absolute Gasteiger partial charge is 0.317 e. The fourth-order valence-electron chi connectivity index (χ4n) is 2.77. The van der Waals surface area contributed by atoms with E-state index in [2.05, 4.69) is 10.2 Å². The molecule has 1 N–H and O–H groups in total. The molecule has 2 amide bonds. The number of hydrogen-bond acceptors (Lipinski definition) is 4. The van der Waals surface area contributed by atoms with Crippen LogP contribution in [0.2, 0.25) is 0 Å². The molecule has 0 aromatic heterocycles. The highest BCUT2D eigenvalue weighted by atomic mass is 16.5. The number of likely N-dealkylation sites (N-methyl/N-ethyl adjacent to an activating group) is 1. The molecule has 6 nitrogen and oxygen atoms in total. The minimum atomic E-state index is -0.0513. The van der Waals surface area contributed by atoms with E-state index in [0.717, 1.165) is 50.7 Å². The molecule has 0 saturated carbocycles. The summed E-state index contributed by atoms with van der Waals surface area (Å²) in [4.78, 5) is 16.6. The maximum Gasteiger partial charge on any atom is 0.317 e. The number of nitrogens with zero attached hydrogens (tertiary/aromatic N) is 2. The number of carbonyl (C=O) groups excluding carboxylic acids is 1. The molecule has 0 radical (unpaired) electrons. The van der Waals surface area contributed by atoms with Gasteiger partial charge in [-0.05, 0) is 32.4 Å². The van der Waals surface area contributed by atoms with Gasteiger partial charge in [0.2, 0.25) is 0 Å². The van der Waals surface area contributed by atoms with Gasteiger partial charge in [-0.15, -0.1) is 0 Å². The van der Waals surface area contributed by atoms with Crippen LogP contribution < -0.4 is 10.1 Å². The van der Waals surface area contributed by atoms with Gasteiger partial charge in [-0.1, -0.05) is 18.2 Å². The Morgan fingerprint density at radius 3 is 2.76 bits per heavy atom. The van der Waals surface area contributed by atoms with E-state index < -0.39 is 0 Å². The van der Waals surface area contributed by atoms with E-state index in [9.17, 15) is 4.79 Å². The standard InChI is InChI=1S/C19H31N3O3/c1-4-22(10-9-21-11-13-24-14-12-21)19(23)20-17(3)15-25-18-8-6-5-7-16(18)2/h5-8,17H,4,9-15H2,1-3H3,(H,20,23). The Balaban J connectivity index is 1.72. The van der Waals surface area contributed by atoms with Gasteiger partial charge in [-0.25, -0.2) is 4.79 Å². The van der Waals surface area contributed by atoms with Gasteiger partial charge in [-0.2, -0.15) is 0 Å². The summed E-state index contributed by atoms with van der Waals surface area (Å²) in [6, 6.07) is 7.83. The first-order valence-electron chi connectivity index (χ1n) is 9.14. The second-order valence-corrected chi connectivity index (χ2v) is 6.46. The van der Waals surface area contributed by atoms with E-state index in [1.807, 2.05) is 49.9 Å². The Morgan fingerprint density at radius 1 is 1.36 bits per heavy atom. The molecule has 0 spiro atoms. The predicted molar refractivity (Wildman–Crippen MR) is 99.2 cm³/mol. The molecule has 2 rings (SSSR count). The minimum Gasteiger partial charge on any atom is -0.491 e. The predicted octanol–water partition coefficient (Wildman–Crippen LogP) is 2.13. The van der Waals surface area contributed by atoms with Gasteiger partial charge in [-0.3, -0.25) is 4.90 Å². The quantitative estimate of drug-likeness (QED) is 0.781. The van der Waals surface area contributed by atoms with Crippen molar-refractivity contribution >= 4 is 6.03 Å². The third kappa shape index (κ3) is 6.55. The first-order chi connectivity index (χ1) is 12.1. The summed E-state index contributed by atoms with van der Waals surface area (Å²) in [5.74, 6) is 0.864. The van der Waals surface area contributed by atoms with Gasteiger partial charge in [0.25, 0.3) is 0 Å². The van der Waals surface area contributed by atoms with Crippen LogP contribution in [0.1, 0.15) is 19.4 Å². The third-order valence-electron chi connectivity index (χ3n) is 4.41. The van der Waals surface area contributed by atoms with Crippen LogP contribution in [0.25, 0.3) is 0 Å². The Labute approximate surface area is 151 Å². The summed E-state index contributed by atoms with van der Waals surface area (Å²) in [5, 5.41) is 3.03. The van der Waals surface area contributed by atoms with Crippen LogP contribution in [-0.4, -0.2) is 74.4 Å². The molecule has 25 heavy (non-hydrogen) atoms. The van der Waals surface area contributed by atoms with Crippen LogP contribution >= 0.6 is 0 Å². The van der Waals surface area contributed by atoms with Crippen molar-refractivity contribution in [3.05, 3.63) is 29.8 Å². The molecule has 1 aromatic carbocycles. The number of morpholine rings is 1. The molecular formula is C19H31N3O3. The number of amides is 2. The van der Waals surface area contributed by atoms with Gasteiger partial charge in [0.15, 0.2) is 0 Å². The highest BCUT2D eigenvalue weighted by Gasteiger charge is 2.17. The minimum absolute atomic E-state index is 0.0309. The second kappa shape index (κ2) is 10.3. The lowest BCUT2D eigenvalue weighted by molar-refractivity contribution is 0.0350. The zero-order valence-electron chi connectivity index (χ0n) is 15.7. The molecule has 1 aliphatic rings. The Kier molecular flexibility index (Phi) is 8.01. The summed E-state index contributed by atoms with van der Waals surface area (Å²) in [5.41, 5.74) is 1.10. The van der Waals surface area contributed by atoms with Crippen molar-refractivity contribution in [2.45, 2.75) is 26.8 Å². The molecule has 1 atom stereocenters. The molecule has 140 valence electrons. The summed E-state index contributed by atoms with van der Waals surface area (Å²) >= 11 is 0. The molecule has 1 saturated heterocycles. The largest absolute Gasteiger partial charge is 0.491 e. The zero-order valence-corrected chi connectivity index (χ0v) is 15.7. The summed E-state index contributed by atoms with van der Waals surface area (Å²) in [6.07, 6.45) is 0. The van der Waals surface area contributed by atoms with Crippen molar-refractivity contribution in [2.24, 2.45) is 0 Å². The molecule has 1 unspecified atom stereocenters. The molecule has 1 heterocycles. The van der Waals surface area contributed by atoms with Gasteiger partial charge in [0, 0.05) is 32.7 Å². The lowest BCUT2D eigenvalue weighted by Crippen LogP contribution is -2.49. The van der Waals surface area contributed by atoms with E-state index in [0.29, 0.717) is 13.2 Å².